The summed E-state index contributed by atoms with van der Waals surface area (Å²) in [5, 5.41) is 14.0. The average molecular weight is 281 g/mol. The fraction of sp³-hybridized carbons (Fsp3) is 0.750. The number of aromatic nitrogens is 4. The Morgan fingerprint density at radius 3 is 2.58 bits per heavy atom. The Morgan fingerprint density at radius 1 is 1.26 bits per heavy atom. The van der Waals surface area contributed by atoms with Crippen molar-refractivity contribution in [3.8, 4) is 0 Å². The van der Waals surface area contributed by atoms with Crippen molar-refractivity contribution in [1.82, 2.24) is 19.8 Å². The topological polar surface area (TPSA) is 78.3 Å². The van der Waals surface area contributed by atoms with E-state index in [0.29, 0.717) is 13.2 Å². The van der Waals surface area contributed by atoms with Gasteiger partial charge in [-0.1, -0.05) is 32.1 Å². The summed E-state index contributed by atoms with van der Waals surface area (Å²) in [6, 6.07) is 0. The second-order valence-electron chi connectivity index (χ2n) is 6.14. The first kappa shape index (κ1) is 13.0. The molecule has 1 saturated heterocycles. The normalized spacial score (nSPS) is 20.0. The van der Waals surface area contributed by atoms with Crippen molar-refractivity contribution in [2.24, 2.45) is 5.73 Å². The van der Waals surface area contributed by atoms with Crippen LogP contribution >= 0.6 is 11.3 Å². The second kappa shape index (κ2) is 4.22. The minimum Gasteiger partial charge on any atom is -0.381 e. The monoisotopic (exact) mass is 281 g/mol. The van der Waals surface area contributed by atoms with Gasteiger partial charge in [0.25, 0.3) is 0 Å². The number of rotatable bonds is 1. The standard InChI is InChI=1S/C12H19N5OS/c1-11(2,3)8-14-15-10-17(8)16-9(19-10)12(13)4-6-18-7-5-12/h4-7,13H2,1-3H3. The van der Waals surface area contributed by atoms with E-state index < -0.39 is 0 Å². The highest BCUT2D eigenvalue weighted by Gasteiger charge is 2.35. The molecule has 2 aromatic heterocycles. The van der Waals surface area contributed by atoms with Crippen molar-refractivity contribution in [2.45, 2.75) is 44.6 Å². The zero-order chi connectivity index (χ0) is 13.7. The molecule has 0 spiro atoms. The number of fused-ring (bicyclic) bond motifs is 1. The van der Waals surface area contributed by atoms with Crippen molar-refractivity contribution in [1.29, 1.82) is 0 Å². The maximum Gasteiger partial charge on any atom is 0.234 e. The van der Waals surface area contributed by atoms with E-state index in [9.17, 15) is 0 Å². The maximum absolute atomic E-state index is 6.47. The SMILES string of the molecule is CC(C)(C)c1nnc2sc(C3(N)CCOCC3)nn12. The first-order valence-corrected chi connectivity index (χ1v) is 7.32. The van der Waals surface area contributed by atoms with Gasteiger partial charge in [-0.15, -0.1) is 10.2 Å². The molecule has 0 aliphatic carbocycles. The smallest absolute Gasteiger partial charge is 0.234 e. The minimum atomic E-state index is -0.376. The van der Waals surface area contributed by atoms with E-state index in [1.54, 1.807) is 0 Å². The van der Waals surface area contributed by atoms with E-state index in [4.69, 9.17) is 10.5 Å². The average Bonchev–Trinajstić information content (AvgIpc) is 2.87. The quantitative estimate of drug-likeness (QED) is 0.856. The van der Waals surface area contributed by atoms with Gasteiger partial charge in [0.2, 0.25) is 4.96 Å². The van der Waals surface area contributed by atoms with Crippen LogP contribution in [0, 0.1) is 0 Å². The van der Waals surface area contributed by atoms with E-state index in [-0.39, 0.29) is 11.0 Å². The number of hydrogen-bond acceptors (Lipinski definition) is 6. The Morgan fingerprint density at radius 2 is 1.95 bits per heavy atom. The van der Waals surface area contributed by atoms with Gasteiger partial charge < -0.3 is 10.5 Å². The molecule has 1 fully saturated rings. The summed E-state index contributed by atoms with van der Waals surface area (Å²) in [4.78, 5) is 0.816. The molecular formula is C12H19N5OS. The van der Waals surface area contributed by atoms with Gasteiger partial charge in [-0.3, -0.25) is 0 Å². The zero-order valence-corrected chi connectivity index (χ0v) is 12.3. The molecule has 1 aliphatic heterocycles. The highest BCUT2D eigenvalue weighted by atomic mass is 32.1. The molecule has 6 nitrogen and oxygen atoms in total. The highest BCUT2D eigenvalue weighted by Crippen LogP contribution is 2.33. The van der Waals surface area contributed by atoms with Crippen LogP contribution < -0.4 is 5.73 Å². The molecule has 3 heterocycles. The Bertz CT molecular complexity index is 591. The Hall–Kier alpha value is -1.05. The minimum absolute atomic E-state index is 0.0812. The summed E-state index contributed by atoms with van der Waals surface area (Å²) in [5.41, 5.74) is 6.01. The van der Waals surface area contributed by atoms with Crippen molar-refractivity contribution in [3.05, 3.63) is 10.8 Å². The molecule has 3 rings (SSSR count). The lowest BCUT2D eigenvalue weighted by atomic mass is 9.92. The summed E-state index contributed by atoms with van der Waals surface area (Å²) in [7, 11) is 0. The molecule has 1 aliphatic rings. The first-order chi connectivity index (χ1) is 8.90. The van der Waals surface area contributed by atoms with Crippen molar-refractivity contribution >= 4 is 16.3 Å². The molecule has 0 bridgehead atoms. The van der Waals surface area contributed by atoms with Crippen LogP contribution in [0.5, 0.6) is 0 Å². The van der Waals surface area contributed by atoms with Crippen LogP contribution in [-0.2, 0) is 15.7 Å². The molecule has 2 aromatic rings. The third-order valence-electron chi connectivity index (χ3n) is 3.47. The number of hydrogen-bond donors (Lipinski definition) is 1. The van der Waals surface area contributed by atoms with Crippen LogP contribution in [0.2, 0.25) is 0 Å². The van der Waals surface area contributed by atoms with Crippen LogP contribution in [0.1, 0.15) is 44.4 Å². The molecule has 104 valence electrons. The summed E-state index contributed by atoms with van der Waals surface area (Å²) in [5.74, 6) is 0.876. The summed E-state index contributed by atoms with van der Waals surface area (Å²) in [6.45, 7) is 7.71. The molecule has 0 radical (unpaired) electrons. The van der Waals surface area contributed by atoms with Gasteiger partial charge in [-0.05, 0) is 12.8 Å². The lowest BCUT2D eigenvalue weighted by molar-refractivity contribution is 0.0518. The molecule has 0 amide bonds. The van der Waals surface area contributed by atoms with Crippen molar-refractivity contribution < 1.29 is 4.74 Å². The summed E-state index contributed by atoms with van der Waals surface area (Å²) < 4.78 is 7.22. The predicted molar refractivity (Wildman–Crippen MR) is 73.3 cm³/mol. The molecule has 0 aromatic carbocycles. The molecule has 0 unspecified atom stereocenters. The second-order valence-corrected chi connectivity index (χ2v) is 7.10. The number of nitrogens with two attached hydrogens (primary N) is 1. The summed E-state index contributed by atoms with van der Waals surface area (Å²) in [6.07, 6.45) is 1.61. The van der Waals surface area contributed by atoms with Crippen molar-refractivity contribution in [3.63, 3.8) is 0 Å². The van der Waals surface area contributed by atoms with Crippen LogP contribution in [0.3, 0.4) is 0 Å². The molecule has 7 heteroatoms. The van der Waals surface area contributed by atoms with Gasteiger partial charge in [-0.25, -0.2) is 0 Å². The van der Waals surface area contributed by atoms with E-state index in [0.717, 1.165) is 28.6 Å². The molecule has 0 atom stereocenters. The molecule has 0 saturated carbocycles. The van der Waals surface area contributed by atoms with E-state index in [2.05, 4.69) is 36.1 Å². The number of ether oxygens (including phenoxy) is 1. The van der Waals surface area contributed by atoms with E-state index in [1.807, 2.05) is 4.52 Å². The van der Waals surface area contributed by atoms with Crippen LogP contribution in [0.4, 0.5) is 0 Å². The van der Waals surface area contributed by atoms with Gasteiger partial charge in [0, 0.05) is 18.6 Å². The third kappa shape index (κ3) is 2.15. The highest BCUT2D eigenvalue weighted by molar-refractivity contribution is 7.16. The van der Waals surface area contributed by atoms with Crippen LogP contribution in [0.15, 0.2) is 0 Å². The van der Waals surface area contributed by atoms with Gasteiger partial charge in [0.15, 0.2) is 5.82 Å². The van der Waals surface area contributed by atoms with E-state index in [1.165, 1.54) is 11.3 Å². The Kier molecular flexibility index (Phi) is 2.88. The van der Waals surface area contributed by atoms with Crippen LogP contribution in [0.25, 0.3) is 4.96 Å². The third-order valence-corrected chi connectivity index (χ3v) is 4.59. The zero-order valence-electron chi connectivity index (χ0n) is 11.5. The fourth-order valence-electron chi connectivity index (χ4n) is 2.24. The number of nitrogens with zero attached hydrogens (tertiary/aromatic N) is 4. The molecule has 2 N–H and O–H groups in total. The van der Waals surface area contributed by atoms with Gasteiger partial charge in [0.05, 0.1) is 5.54 Å². The summed E-state index contributed by atoms with van der Waals surface area (Å²) >= 11 is 1.54. The molecule has 19 heavy (non-hydrogen) atoms. The van der Waals surface area contributed by atoms with Crippen molar-refractivity contribution in [2.75, 3.05) is 13.2 Å². The first-order valence-electron chi connectivity index (χ1n) is 6.50. The lowest BCUT2D eigenvalue weighted by Gasteiger charge is -2.30. The van der Waals surface area contributed by atoms with Crippen LogP contribution in [-0.4, -0.2) is 33.0 Å². The predicted octanol–water partition coefficient (Wildman–Crippen LogP) is 1.45. The largest absolute Gasteiger partial charge is 0.381 e. The van der Waals surface area contributed by atoms with Gasteiger partial charge in [-0.2, -0.15) is 9.61 Å². The Balaban J connectivity index is 2.05. The van der Waals surface area contributed by atoms with Gasteiger partial charge >= 0.3 is 0 Å². The maximum atomic E-state index is 6.47. The lowest BCUT2D eigenvalue weighted by Crippen LogP contribution is -2.42. The van der Waals surface area contributed by atoms with Gasteiger partial charge in [0.1, 0.15) is 5.01 Å². The van der Waals surface area contributed by atoms with E-state index >= 15 is 0 Å². The Labute approximate surface area is 116 Å². The molecular weight excluding hydrogens is 262 g/mol. The fourth-order valence-corrected chi connectivity index (χ4v) is 3.23.